The third-order valence-corrected chi connectivity index (χ3v) is 9.08. The van der Waals surface area contributed by atoms with Crippen molar-refractivity contribution < 1.29 is 22.7 Å². The number of carbonyl (C=O) groups is 2. The minimum atomic E-state index is -3.90. The van der Waals surface area contributed by atoms with Crippen LogP contribution in [0, 0.1) is 0 Å². The second kappa shape index (κ2) is 13.6. The van der Waals surface area contributed by atoms with E-state index in [0.29, 0.717) is 40.4 Å². The number of nitrogens with one attached hydrogen (secondary N) is 2. The van der Waals surface area contributed by atoms with E-state index in [1.54, 1.807) is 65.1 Å². The summed E-state index contributed by atoms with van der Waals surface area (Å²) < 4.78 is 35.1. The van der Waals surface area contributed by atoms with Gasteiger partial charge in [-0.05, 0) is 82.5 Å². The van der Waals surface area contributed by atoms with Crippen molar-refractivity contribution in [1.29, 1.82) is 0 Å². The number of ketones is 1. The molecule has 0 saturated heterocycles. The maximum atomic E-state index is 13.6. The molecule has 0 aliphatic carbocycles. The van der Waals surface area contributed by atoms with E-state index in [-0.39, 0.29) is 16.8 Å². The molecule has 0 saturated carbocycles. The zero-order valence-electron chi connectivity index (χ0n) is 25.0. The Morgan fingerprint density at radius 1 is 0.953 bits per heavy atom. The third kappa shape index (κ3) is 9.31. The lowest BCUT2D eigenvalue weighted by atomic mass is 10.0. The molecule has 4 aromatic rings. The van der Waals surface area contributed by atoms with Gasteiger partial charge in [-0.2, -0.15) is 0 Å². The molecule has 226 valence electrons. The molecule has 0 unspecified atom stereocenters. The van der Waals surface area contributed by atoms with Crippen molar-refractivity contribution in [3.8, 4) is 21.0 Å². The van der Waals surface area contributed by atoms with Crippen LogP contribution in [0.1, 0.15) is 52.2 Å². The lowest BCUT2D eigenvalue weighted by Crippen LogP contribution is -2.40. The molecule has 1 amide bonds. The zero-order chi connectivity index (χ0) is 31.2. The first-order valence-corrected chi connectivity index (χ1v) is 16.4. The number of thiazole rings is 1. The fourth-order valence-corrected chi connectivity index (χ4v) is 7.11. The standard InChI is InChI=1S/C33H37N3O5S2/c1-22(2)41-32(38)35-26-15-13-25(14-16-26)31-34-21-29(42-31)28-18-12-24(20-30(28)43(39,40)36-33(3,4)5)11-17-27(37)19-23-9-7-6-8-10-23/h6-10,12-16,18,20-22,36H,11,17,19H2,1-5H3,(H,35,38). The summed E-state index contributed by atoms with van der Waals surface area (Å²) in [7, 11) is -3.90. The van der Waals surface area contributed by atoms with E-state index in [9.17, 15) is 18.0 Å². The van der Waals surface area contributed by atoms with Gasteiger partial charge in [-0.25, -0.2) is 22.9 Å². The molecular formula is C33H37N3O5S2. The van der Waals surface area contributed by atoms with Gasteiger partial charge in [0.05, 0.1) is 15.9 Å². The monoisotopic (exact) mass is 619 g/mol. The number of sulfonamides is 1. The van der Waals surface area contributed by atoms with Crippen molar-refractivity contribution in [2.75, 3.05) is 5.32 Å². The summed E-state index contributed by atoms with van der Waals surface area (Å²) in [6.45, 7) is 8.94. The largest absolute Gasteiger partial charge is 0.447 e. The first-order chi connectivity index (χ1) is 20.3. The number of hydrogen-bond acceptors (Lipinski definition) is 7. The zero-order valence-corrected chi connectivity index (χ0v) is 26.6. The van der Waals surface area contributed by atoms with Gasteiger partial charge in [0.25, 0.3) is 0 Å². The second-order valence-electron chi connectivity index (χ2n) is 11.6. The van der Waals surface area contributed by atoms with Gasteiger partial charge in [-0.15, -0.1) is 11.3 Å². The summed E-state index contributed by atoms with van der Waals surface area (Å²) in [5.41, 5.74) is 2.99. The normalized spacial score (nSPS) is 11.9. The Labute approximate surface area is 257 Å². The quantitative estimate of drug-likeness (QED) is 0.183. The molecule has 0 radical (unpaired) electrons. The summed E-state index contributed by atoms with van der Waals surface area (Å²) in [6, 6.07) is 22.1. The van der Waals surface area contributed by atoms with Gasteiger partial charge in [-0.1, -0.05) is 42.5 Å². The third-order valence-electron chi connectivity index (χ3n) is 6.20. The van der Waals surface area contributed by atoms with Crippen LogP contribution < -0.4 is 10.0 Å². The Kier molecular flexibility index (Phi) is 10.2. The van der Waals surface area contributed by atoms with Crippen molar-refractivity contribution in [2.45, 2.75) is 70.4 Å². The second-order valence-corrected chi connectivity index (χ2v) is 14.3. The van der Waals surface area contributed by atoms with E-state index < -0.39 is 21.7 Å². The summed E-state index contributed by atoms with van der Waals surface area (Å²) in [6.07, 6.45) is 2.00. The van der Waals surface area contributed by atoms with Crippen molar-refractivity contribution in [3.05, 3.63) is 90.1 Å². The average molecular weight is 620 g/mol. The predicted octanol–water partition coefficient (Wildman–Crippen LogP) is 7.26. The molecule has 1 aromatic heterocycles. The molecule has 0 atom stereocenters. The predicted molar refractivity (Wildman–Crippen MR) is 172 cm³/mol. The fourth-order valence-electron chi connectivity index (χ4n) is 4.39. The number of amides is 1. The van der Waals surface area contributed by atoms with Crippen molar-refractivity contribution in [1.82, 2.24) is 9.71 Å². The van der Waals surface area contributed by atoms with Crippen LogP contribution in [0.4, 0.5) is 10.5 Å². The van der Waals surface area contributed by atoms with E-state index in [2.05, 4.69) is 15.0 Å². The Hall–Kier alpha value is -3.86. The number of carbonyl (C=O) groups excluding carboxylic acids is 2. The Bertz CT molecular complexity index is 1670. The van der Waals surface area contributed by atoms with Gasteiger partial charge in [0, 0.05) is 41.4 Å². The molecule has 43 heavy (non-hydrogen) atoms. The lowest BCUT2D eigenvalue weighted by molar-refractivity contribution is -0.118. The van der Waals surface area contributed by atoms with Crippen LogP contribution in [-0.2, 0) is 32.4 Å². The number of hydrogen-bond donors (Lipinski definition) is 2. The van der Waals surface area contributed by atoms with Gasteiger partial charge in [-0.3, -0.25) is 10.1 Å². The summed E-state index contributed by atoms with van der Waals surface area (Å²) in [5.74, 6) is 0.0950. The van der Waals surface area contributed by atoms with Gasteiger partial charge in [0.2, 0.25) is 10.0 Å². The maximum Gasteiger partial charge on any atom is 0.411 e. The fraction of sp³-hybridized carbons (Fsp3) is 0.303. The van der Waals surface area contributed by atoms with Crippen LogP contribution in [0.5, 0.6) is 0 Å². The van der Waals surface area contributed by atoms with Crippen molar-refractivity contribution in [2.24, 2.45) is 0 Å². The first-order valence-electron chi connectivity index (χ1n) is 14.1. The van der Waals surface area contributed by atoms with Gasteiger partial charge >= 0.3 is 6.09 Å². The maximum absolute atomic E-state index is 13.6. The van der Waals surface area contributed by atoms with Gasteiger partial charge in [0.1, 0.15) is 10.8 Å². The van der Waals surface area contributed by atoms with Crippen molar-refractivity contribution >= 4 is 38.9 Å². The number of nitrogens with zero attached hydrogens (tertiary/aromatic N) is 1. The summed E-state index contributed by atoms with van der Waals surface area (Å²) in [5, 5.41) is 3.39. The molecule has 4 rings (SSSR count). The SMILES string of the molecule is CC(C)OC(=O)Nc1ccc(-c2ncc(-c3ccc(CCC(=O)Cc4ccccc4)cc3S(=O)(=O)NC(C)(C)C)s2)cc1. The molecule has 3 aromatic carbocycles. The number of benzene rings is 3. The molecule has 0 bridgehead atoms. The van der Waals surface area contributed by atoms with Crippen molar-refractivity contribution in [3.63, 3.8) is 0 Å². The number of aryl methyl sites for hydroxylation is 1. The van der Waals surface area contributed by atoms with Crippen LogP contribution in [0.25, 0.3) is 21.0 Å². The molecule has 0 spiro atoms. The van der Waals surface area contributed by atoms with Crippen LogP contribution in [-0.4, -0.2) is 36.9 Å². The Morgan fingerprint density at radius 2 is 1.65 bits per heavy atom. The smallest absolute Gasteiger partial charge is 0.411 e. The number of ether oxygens (including phenoxy) is 1. The molecule has 10 heteroatoms. The molecular weight excluding hydrogens is 583 g/mol. The molecule has 8 nitrogen and oxygen atoms in total. The van der Waals surface area contributed by atoms with Gasteiger partial charge in [0.15, 0.2) is 0 Å². The Morgan fingerprint density at radius 3 is 2.30 bits per heavy atom. The van der Waals surface area contributed by atoms with Crippen LogP contribution in [0.15, 0.2) is 83.9 Å². The Balaban J connectivity index is 1.57. The highest BCUT2D eigenvalue weighted by Crippen LogP contribution is 2.36. The van der Waals surface area contributed by atoms with E-state index in [4.69, 9.17) is 4.74 Å². The average Bonchev–Trinajstić information content (AvgIpc) is 3.41. The van der Waals surface area contributed by atoms with Crippen LogP contribution in [0.2, 0.25) is 0 Å². The molecule has 0 aliphatic heterocycles. The highest BCUT2D eigenvalue weighted by atomic mass is 32.2. The van der Waals surface area contributed by atoms with Crippen LogP contribution in [0.3, 0.4) is 0 Å². The number of rotatable bonds is 11. The summed E-state index contributed by atoms with van der Waals surface area (Å²) >= 11 is 1.37. The highest BCUT2D eigenvalue weighted by Gasteiger charge is 2.26. The van der Waals surface area contributed by atoms with E-state index >= 15 is 0 Å². The number of aromatic nitrogens is 1. The molecule has 1 heterocycles. The minimum Gasteiger partial charge on any atom is -0.447 e. The van der Waals surface area contributed by atoms with E-state index in [0.717, 1.165) is 16.7 Å². The molecule has 0 fully saturated rings. The van der Waals surface area contributed by atoms with Crippen LogP contribution >= 0.6 is 11.3 Å². The number of Topliss-reactive ketones (excluding diaryl/α,β-unsaturated/α-hetero) is 1. The molecule has 0 aliphatic rings. The first kappa shape index (κ1) is 32.1. The topological polar surface area (TPSA) is 114 Å². The highest BCUT2D eigenvalue weighted by molar-refractivity contribution is 7.89. The molecule has 2 N–H and O–H groups in total. The minimum absolute atomic E-state index is 0.0950. The number of anilines is 1. The summed E-state index contributed by atoms with van der Waals surface area (Å²) in [4.78, 5) is 29.9. The van der Waals surface area contributed by atoms with E-state index in [1.165, 1.54) is 11.3 Å². The van der Waals surface area contributed by atoms with Gasteiger partial charge < -0.3 is 4.74 Å². The lowest BCUT2D eigenvalue weighted by Gasteiger charge is -2.22. The van der Waals surface area contributed by atoms with E-state index in [1.807, 2.05) is 48.5 Å².